The van der Waals surface area contributed by atoms with Crippen molar-refractivity contribution in [2.75, 3.05) is 19.8 Å². The molecule has 0 unspecified atom stereocenters. The predicted molar refractivity (Wildman–Crippen MR) is 95.2 cm³/mol. The molecule has 2 N–H and O–H groups in total. The van der Waals surface area contributed by atoms with E-state index in [0.717, 1.165) is 12.8 Å². The van der Waals surface area contributed by atoms with Crippen molar-refractivity contribution in [1.82, 2.24) is 19.8 Å². The third-order valence-electron chi connectivity index (χ3n) is 4.07. The highest BCUT2D eigenvalue weighted by atomic mass is 32.2. The van der Waals surface area contributed by atoms with Gasteiger partial charge < -0.3 is 10.1 Å². The number of nitrogens with one attached hydrogen (secondary N) is 2. The first-order valence-corrected chi connectivity index (χ1v) is 9.99. The van der Waals surface area contributed by atoms with Crippen LogP contribution in [0.2, 0.25) is 0 Å². The Labute approximate surface area is 152 Å². The Hall–Kier alpha value is -2.23. The van der Waals surface area contributed by atoms with E-state index in [0.29, 0.717) is 31.9 Å². The van der Waals surface area contributed by atoms with Gasteiger partial charge >= 0.3 is 0 Å². The Balaban J connectivity index is 1.61. The van der Waals surface area contributed by atoms with Gasteiger partial charge in [-0.3, -0.25) is 9.48 Å². The van der Waals surface area contributed by atoms with Gasteiger partial charge in [-0.2, -0.15) is 5.10 Å². The quantitative estimate of drug-likeness (QED) is 0.741. The van der Waals surface area contributed by atoms with Gasteiger partial charge in [0.15, 0.2) is 0 Å². The van der Waals surface area contributed by atoms with Crippen LogP contribution in [0.4, 0.5) is 0 Å². The molecule has 0 saturated carbocycles. The first-order chi connectivity index (χ1) is 12.5. The number of amides is 1. The summed E-state index contributed by atoms with van der Waals surface area (Å²) in [5.41, 5.74) is 0.299. The molecule has 3 rings (SSSR count). The van der Waals surface area contributed by atoms with Crippen LogP contribution in [0.5, 0.6) is 0 Å². The van der Waals surface area contributed by atoms with Gasteiger partial charge in [0.1, 0.15) is 0 Å². The number of hydrogen-bond acceptors (Lipinski definition) is 5. The van der Waals surface area contributed by atoms with Crippen molar-refractivity contribution in [3.63, 3.8) is 0 Å². The monoisotopic (exact) mass is 378 g/mol. The minimum absolute atomic E-state index is 0.0720. The van der Waals surface area contributed by atoms with Crippen LogP contribution in [0.25, 0.3) is 0 Å². The number of carbonyl (C=O) groups is 1. The summed E-state index contributed by atoms with van der Waals surface area (Å²) in [7, 11) is -3.70. The molecule has 1 aliphatic rings. The Morgan fingerprint density at radius 1 is 1.35 bits per heavy atom. The van der Waals surface area contributed by atoms with E-state index in [1.54, 1.807) is 35.3 Å². The number of benzene rings is 1. The van der Waals surface area contributed by atoms with E-state index in [4.69, 9.17) is 4.74 Å². The number of nitrogens with zero attached hydrogens (tertiary/aromatic N) is 2. The third-order valence-corrected chi connectivity index (χ3v) is 5.59. The lowest BCUT2D eigenvalue weighted by atomic mass is 10.1. The van der Waals surface area contributed by atoms with Gasteiger partial charge in [0, 0.05) is 37.2 Å². The molecular formula is C17H22N4O4S. The van der Waals surface area contributed by atoms with E-state index in [1.807, 2.05) is 0 Å². The van der Waals surface area contributed by atoms with E-state index < -0.39 is 10.0 Å². The topological polar surface area (TPSA) is 102 Å². The zero-order valence-corrected chi connectivity index (χ0v) is 15.1. The summed E-state index contributed by atoms with van der Waals surface area (Å²) in [5.74, 6) is -0.324. The minimum Gasteiger partial charge on any atom is -0.380 e. The van der Waals surface area contributed by atoms with E-state index in [2.05, 4.69) is 15.1 Å². The Morgan fingerprint density at radius 3 is 2.96 bits per heavy atom. The number of rotatable bonds is 7. The zero-order chi connectivity index (χ0) is 18.4. The van der Waals surface area contributed by atoms with Gasteiger partial charge in [-0.15, -0.1) is 0 Å². The second-order valence-electron chi connectivity index (χ2n) is 6.09. The number of sulfonamides is 1. The maximum absolute atomic E-state index is 12.5. The maximum Gasteiger partial charge on any atom is 0.251 e. The second-order valence-corrected chi connectivity index (χ2v) is 7.80. The van der Waals surface area contributed by atoms with Crippen molar-refractivity contribution in [2.24, 2.45) is 0 Å². The molecule has 1 aromatic heterocycles. The minimum atomic E-state index is -3.70. The molecule has 9 heteroatoms. The lowest BCUT2D eigenvalue weighted by Gasteiger charge is -2.23. The summed E-state index contributed by atoms with van der Waals surface area (Å²) in [6, 6.07) is 7.59. The van der Waals surface area contributed by atoms with Gasteiger partial charge in [-0.25, -0.2) is 13.1 Å². The molecule has 1 amide bonds. The number of carbonyl (C=O) groups excluding carboxylic acids is 1. The second kappa shape index (κ2) is 8.43. The van der Waals surface area contributed by atoms with Crippen molar-refractivity contribution in [3.8, 4) is 0 Å². The summed E-state index contributed by atoms with van der Waals surface area (Å²) < 4.78 is 34.7. The number of aromatic nitrogens is 2. The molecule has 0 radical (unpaired) electrons. The van der Waals surface area contributed by atoms with E-state index in [-0.39, 0.29) is 16.8 Å². The normalized spacial score (nSPS) is 17.8. The summed E-state index contributed by atoms with van der Waals surface area (Å²) in [4.78, 5) is 12.3. The van der Waals surface area contributed by atoms with Gasteiger partial charge in [0.2, 0.25) is 10.0 Å². The Kier molecular flexibility index (Phi) is 6.02. The van der Waals surface area contributed by atoms with Gasteiger partial charge in [-0.05, 0) is 37.1 Å². The fourth-order valence-corrected chi connectivity index (χ4v) is 4.05. The van der Waals surface area contributed by atoms with Crippen molar-refractivity contribution in [3.05, 3.63) is 48.3 Å². The first-order valence-electron chi connectivity index (χ1n) is 8.50. The molecule has 1 aromatic carbocycles. The smallest absolute Gasteiger partial charge is 0.251 e. The standard InChI is InChI=1S/C17H22N4O4S/c22-17(18-8-10-21-9-3-7-19-21)14-4-1-6-16(12-14)26(23,24)20-15-5-2-11-25-13-15/h1,3-4,6-7,9,12,15,20H,2,5,8,10-11,13H2,(H,18,22)/t15-/m1/s1. The highest BCUT2D eigenvalue weighted by molar-refractivity contribution is 7.89. The highest BCUT2D eigenvalue weighted by Gasteiger charge is 2.23. The van der Waals surface area contributed by atoms with Crippen LogP contribution in [0.15, 0.2) is 47.6 Å². The van der Waals surface area contributed by atoms with Crippen molar-refractivity contribution in [2.45, 2.75) is 30.3 Å². The zero-order valence-electron chi connectivity index (χ0n) is 14.3. The summed E-state index contributed by atoms with van der Waals surface area (Å²) >= 11 is 0. The van der Waals surface area contributed by atoms with Gasteiger partial charge in [0.25, 0.3) is 5.91 Å². The SMILES string of the molecule is O=C(NCCn1cccn1)c1cccc(S(=O)(=O)N[C@@H]2CCCOC2)c1. The van der Waals surface area contributed by atoms with Gasteiger partial charge in [-0.1, -0.05) is 6.07 Å². The highest BCUT2D eigenvalue weighted by Crippen LogP contribution is 2.14. The first kappa shape index (κ1) is 18.6. The van der Waals surface area contributed by atoms with Gasteiger partial charge in [0.05, 0.1) is 18.0 Å². The summed E-state index contributed by atoms with van der Waals surface area (Å²) in [6.45, 7) is 1.97. The van der Waals surface area contributed by atoms with Crippen LogP contribution in [0, 0.1) is 0 Å². The van der Waals surface area contributed by atoms with Crippen molar-refractivity contribution < 1.29 is 17.9 Å². The molecule has 26 heavy (non-hydrogen) atoms. The molecule has 0 aliphatic carbocycles. The molecule has 2 aromatic rings. The van der Waals surface area contributed by atoms with Crippen LogP contribution < -0.4 is 10.0 Å². The molecule has 1 saturated heterocycles. The summed E-state index contributed by atoms with van der Waals surface area (Å²) in [6.07, 6.45) is 5.04. The van der Waals surface area contributed by atoms with Crippen LogP contribution in [-0.4, -0.2) is 49.9 Å². The fraction of sp³-hybridized carbons (Fsp3) is 0.412. The molecule has 1 fully saturated rings. The number of hydrogen-bond donors (Lipinski definition) is 2. The van der Waals surface area contributed by atoms with E-state index >= 15 is 0 Å². The largest absolute Gasteiger partial charge is 0.380 e. The molecular weight excluding hydrogens is 356 g/mol. The van der Waals surface area contributed by atoms with Crippen molar-refractivity contribution >= 4 is 15.9 Å². The predicted octanol–water partition coefficient (Wildman–Crippen LogP) is 0.770. The fourth-order valence-electron chi connectivity index (χ4n) is 2.74. The van der Waals surface area contributed by atoms with Crippen LogP contribution in [0.3, 0.4) is 0 Å². The molecule has 8 nitrogen and oxygen atoms in total. The maximum atomic E-state index is 12.5. The van der Waals surface area contributed by atoms with E-state index in [9.17, 15) is 13.2 Å². The third kappa shape index (κ3) is 4.90. The van der Waals surface area contributed by atoms with Crippen molar-refractivity contribution in [1.29, 1.82) is 0 Å². The van der Waals surface area contributed by atoms with Crippen LogP contribution in [-0.2, 0) is 21.3 Å². The lowest BCUT2D eigenvalue weighted by Crippen LogP contribution is -2.40. The van der Waals surface area contributed by atoms with E-state index in [1.165, 1.54) is 12.1 Å². The Bertz CT molecular complexity index is 830. The van der Waals surface area contributed by atoms with Crippen LogP contribution in [0.1, 0.15) is 23.2 Å². The molecule has 1 atom stereocenters. The molecule has 0 spiro atoms. The molecule has 0 bridgehead atoms. The summed E-state index contributed by atoms with van der Waals surface area (Å²) in [5, 5.41) is 6.82. The molecule has 140 valence electrons. The average molecular weight is 378 g/mol. The Morgan fingerprint density at radius 2 is 2.23 bits per heavy atom. The average Bonchev–Trinajstić information content (AvgIpc) is 3.16. The lowest BCUT2D eigenvalue weighted by molar-refractivity contribution is 0.0774. The van der Waals surface area contributed by atoms with Crippen LogP contribution >= 0.6 is 0 Å². The molecule has 2 heterocycles. The molecule has 1 aliphatic heterocycles. The number of ether oxygens (including phenoxy) is 1.